The number of hydrogen-bond donors (Lipinski definition) is 1. The molecule has 0 spiro atoms. The van der Waals surface area contributed by atoms with Gasteiger partial charge in [-0.25, -0.2) is 0 Å². The minimum Gasteiger partial charge on any atom is -0.369 e. The molecule has 2 N–H and O–H groups in total. The number of unbranched alkanes of at least 4 members (excludes halogenated alkanes) is 3. The lowest BCUT2D eigenvalue weighted by Crippen LogP contribution is -2.48. The summed E-state index contributed by atoms with van der Waals surface area (Å²) < 4.78 is 0. The Hall–Kier alpha value is -0.720. The molecule has 1 fully saturated rings. The number of carbonyl (C=O) groups is 1. The summed E-state index contributed by atoms with van der Waals surface area (Å²) in [5.74, 6) is 0.274. The molecule has 2 rings (SSSR count). The maximum Gasteiger partial charge on any atom is 0.222 e. The molecule has 0 saturated carbocycles. The molecule has 1 heterocycles. The van der Waals surface area contributed by atoms with Crippen LogP contribution in [0.1, 0.15) is 32.1 Å². The molecule has 164 valence electrons. The van der Waals surface area contributed by atoms with E-state index in [4.69, 9.17) is 5.73 Å². The third kappa shape index (κ3) is 10.7. The van der Waals surface area contributed by atoms with Crippen LogP contribution in [0.4, 0.5) is 5.69 Å². The summed E-state index contributed by atoms with van der Waals surface area (Å²) in [5, 5.41) is 0. The van der Waals surface area contributed by atoms with Gasteiger partial charge in [-0.15, -0.1) is 37.2 Å². The van der Waals surface area contributed by atoms with E-state index in [0.29, 0.717) is 6.42 Å². The van der Waals surface area contributed by atoms with Crippen LogP contribution < -0.4 is 10.6 Å². The zero-order valence-electron chi connectivity index (χ0n) is 16.9. The molecule has 1 aromatic rings. The molecule has 1 aromatic carbocycles. The van der Waals surface area contributed by atoms with Crippen LogP contribution >= 0.6 is 37.2 Å². The summed E-state index contributed by atoms with van der Waals surface area (Å²) in [7, 11) is 1.93. The van der Waals surface area contributed by atoms with Crippen molar-refractivity contribution >= 4 is 48.8 Å². The second kappa shape index (κ2) is 17.2. The van der Waals surface area contributed by atoms with Gasteiger partial charge < -0.3 is 15.5 Å². The molecule has 28 heavy (non-hydrogen) atoms. The van der Waals surface area contributed by atoms with Crippen LogP contribution in [-0.2, 0) is 4.79 Å². The maximum absolute atomic E-state index is 12.2. The third-order valence-corrected chi connectivity index (χ3v) is 5.02. The number of para-hydroxylation sites is 1. The number of halogens is 3. The molecule has 1 saturated heterocycles. The molecule has 1 amide bonds. The van der Waals surface area contributed by atoms with Gasteiger partial charge in [0.05, 0.1) is 0 Å². The van der Waals surface area contributed by atoms with Crippen LogP contribution in [0.15, 0.2) is 30.3 Å². The smallest absolute Gasteiger partial charge is 0.222 e. The number of nitrogens with two attached hydrogens (primary N) is 1. The SMILES string of the molecule is CN(CCN1CCN(c2ccccc2)CC1)C(=O)CCCCCCN.Cl.Cl.Cl. The topological polar surface area (TPSA) is 52.8 Å². The van der Waals surface area contributed by atoms with E-state index >= 15 is 0 Å². The Labute approximate surface area is 189 Å². The normalized spacial score (nSPS) is 13.7. The highest BCUT2D eigenvalue weighted by atomic mass is 35.5. The number of rotatable bonds is 10. The van der Waals surface area contributed by atoms with Crippen molar-refractivity contribution in [3.05, 3.63) is 30.3 Å². The van der Waals surface area contributed by atoms with Crippen LogP contribution in [0, 0.1) is 0 Å². The van der Waals surface area contributed by atoms with Crippen LogP contribution in [0.2, 0.25) is 0 Å². The van der Waals surface area contributed by atoms with Gasteiger partial charge in [0, 0.05) is 58.4 Å². The van der Waals surface area contributed by atoms with Crippen molar-refractivity contribution in [2.75, 3.05) is 57.8 Å². The van der Waals surface area contributed by atoms with E-state index in [-0.39, 0.29) is 43.1 Å². The number of anilines is 1. The van der Waals surface area contributed by atoms with Crippen molar-refractivity contribution in [1.82, 2.24) is 9.80 Å². The Morgan fingerprint density at radius 1 is 0.964 bits per heavy atom. The average molecular weight is 456 g/mol. The predicted molar refractivity (Wildman–Crippen MR) is 127 cm³/mol. The molecular weight excluding hydrogens is 419 g/mol. The molecule has 0 atom stereocenters. The maximum atomic E-state index is 12.2. The largest absolute Gasteiger partial charge is 0.369 e. The predicted octanol–water partition coefficient (Wildman–Crippen LogP) is 3.44. The van der Waals surface area contributed by atoms with Gasteiger partial charge in [0.2, 0.25) is 5.91 Å². The van der Waals surface area contributed by atoms with E-state index in [1.807, 2.05) is 11.9 Å². The van der Waals surface area contributed by atoms with Crippen LogP contribution in [0.3, 0.4) is 0 Å². The monoisotopic (exact) mass is 454 g/mol. The molecule has 0 radical (unpaired) electrons. The number of amides is 1. The van der Waals surface area contributed by atoms with Crippen LogP contribution in [-0.4, -0.2) is 68.6 Å². The fourth-order valence-corrected chi connectivity index (χ4v) is 3.25. The Balaban J connectivity index is 0. The first-order valence-electron chi connectivity index (χ1n) is 9.67. The van der Waals surface area contributed by atoms with Crippen molar-refractivity contribution in [3.63, 3.8) is 0 Å². The number of likely N-dealkylation sites (N-methyl/N-ethyl adjacent to an activating group) is 1. The summed E-state index contributed by atoms with van der Waals surface area (Å²) in [5.41, 5.74) is 6.80. The Kier molecular flexibility index (Phi) is 18.1. The molecule has 5 nitrogen and oxygen atoms in total. The van der Waals surface area contributed by atoms with Gasteiger partial charge in [0.25, 0.3) is 0 Å². The molecule has 0 bridgehead atoms. The Morgan fingerprint density at radius 2 is 1.57 bits per heavy atom. The van der Waals surface area contributed by atoms with E-state index in [1.165, 1.54) is 5.69 Å². The minimum absolute atomic E-state index is 0. The standard InChI is InChI=1S/C20H34N4O.3ClH/c1-22(20(25)11-7-2-3-8-12-21)13-14-23-15-17-24(18-16-23)19-9-5-4-6-10-19;;;/h4-6,9-10H,2-3,7-8,11-18,21H2,1H3;3*1H. The van der Waals surface area contributed by atoms with E-state index in [1.54, 1.807) is 0 Å². The van der Waals surface area contributed by atoms with Crippen molar-refractivity contribution in [2.45, 2.75) is 32.1 Å². The Morgan fingerprint density at radius 3 is 2.18 bits per heavy atom. The zero-order valence-corrected chi connectivity index (χ0v) is 19.4. The summed E-state index contributed by atoms with van der Waals surface area (Å²) >= 11 is 0. The number of carbonyl (C=O) groups excluding carboxylic acids is 1. The summed E-state index contributed by atoms with van der Waals surface area (Å²) in [6.07, 6.45) is 4.97. The van der Waals surface area contributed by atoms with Crippen molar-refractivity contribution in [3.8, 4) is 0 Å². The lowest BCUT2D eigenvalue weighted by molar-refractivity contribution is -0.130. The highest BCUT2D eigenvalue weighted by Crippen LogP contribution is 2.15. The summed E-state index contributed by atoms with van der Waals surface area (Å²) in [4.78, 5) is 19.0. The van der Waals surface area contributed by atoms with Gasteiger partial charge in [-0.05, 0) is 31.5 Å². The molecule has 0 aliphatic carbocycles. The van der Waals surface area contributed by atoms with Gasteiger partial charge in [-0.2, -0.15) is 0 Å². The first-order chi connectivity index (χ1) is 12.2. The molecule has 0 unspecified atom stereocenters. The van der Waals surface area contributed by atoms with Gasteiger partial charge in [0.1, 0.15) is 0 Å². The van der Waals surface area contributed by atoms with E-state index < -0.39 is 0 Å². The van der Waals surface area contributed by atoms with Gasteiger partial charge in [0.15, 0.2) is 0 Å². The van der Waals surface area contributed by atoms with Crippen molar-refractivity contribution in [2.24, 2.45) is 5.73 Å². The molecule has 1 aliphatic rings. The number of hydrogen-bond acceptors (Lipinski definition) is 4. The van der Waals surface area contributed by atoms with Crippen LogP contribution in [0.25, 0.3) is 0 Å². The highest BCUT2D eigenvalue weighted by molar-refractivity contribution is 5.86. The van der Waals surface area contributed by atoms with E-state index in [2.05, 4.69) is 40.1 Å². The lowest BCUT2D eigenvalue weighted by Gasteiger charge is -2.36. The van der Waals surface area contributed by atoms with Crippen molar-refractivity contribution < 1.29 is 4.79 Å². The summed E-state index contributed by atoms with van der Waals surface area (Å²) in [6, 6.07) is 10.6. The minimum atomic E-state index is 0. The van der Waals surface area contributed by atoms with E-state index in [9.17, 15) is 4.79 Å². The lowest BCUT2D eigenvalue weighted by atomic mass is 10.1. The average Bonchev–Trinajstić information content (AvgIpc) is 2.67. The number of benzene rings is 1. The summed E-state index contributed by atoms with van der Waals surface area (Å²) in [6.45, 7) is 6.80. The van der Waals surface area contributed by atoms with E-state index in [0.717, 1.165) is 71.5 Å². The zero-order chi connectivity index (χ0) is 17.9. The van der Waals surface area contributed by atoms with Gasteiger partial charge in [-0.3, -0.25) is 9.69 Å². The quantitative estimate of drug-likeness (QED) is 0.549. The molecule has 8 heteroatoms. The molecule has 0 aromatic heterocycles. The highest BCUT2D eigenvalue weighted by Gasteiger charge is 2.18. The first-order valence-corrected chi connectivity index (χ1v) is 9.67. The van der Waals surface area contributed by atoms with Gasteiger partial charge in [-0.1, -0.05) is 31.0 Å². The Bertz CT molecular complexity index is 499. The number of nitrogens with zero attached hydrogens (tertiary/aromatic N) is 3. The fraction of sp³-hybridized carbons (Fsp3) is 0.650. The van der Waals surface area contributed by atoms with Gasteiger partial charge >= 0.3 is 0 Å². The van der Waals surface area contributed by atoms with Crippen LogP contribution in [0.5, 0.6) is 0 Å². The molecular formula is C20H37Cl3N4O. The second-order valence-corrected chi connectivity index (χ2v) is 6.93. The molecule has 1 aliphatic heterocycles. The second-order valence-electron chi connectivity index (χ2n) is 6.93. The number of piperazine rings is 1. The first kappa shape index (κ1) is 29.5. The third-order valence-electron chi connectivity index (χ3n) is 5.02. The van der Waals surface area contributed by atoms with Crippen molar-refractivity contribution in [1.29, 1.82) is 0 Å². The fourth-order valence-electron chi connectivity index (χ4n) is 3.25.